The number of pyridine rings is 1. The molecule has 0 unspecified atom stereocenters. The number of anilines is 2. The van der Waals surface area contributed by atoms with Gasteiger partial charge in [-0.25, -0.2) is 0 Å². The Morgan fingerprint density at radius 2 is 1.63 bits per heavy atom. The lowest BCUT2D eigenvalue weighted by Crippen LogP contribution is -2.47. The second-order valence-electron chi connectivity index (χ2n) is 11.9. The highest BCUT2D eigenvalue weighted by Crippen LogP contribution is 2.40. The number of methoxy groups -OCH3 is 1. The van der Waals surface area contributed by atoms with Gasteiger partial charge in [0, 0.05) is 57.4 Å². The second-order valence-corrected chi connectivity index (χ2v) is 11.9. The molecular weight excluding hydrogens is 604 g/mol. The SMILES string of the molecule is CCN1C(=O)C(C)(C)C(=O)N(C)c2cc(OCCCN(CCn3ccc4ccccc4c3=O)Cc3cccc(OC)c3)ccc21.Cl. The van der Waals surface area contributed by atoms with E-state index in [1.165, 1.54) is 0 Å². The fourth-order valence-corrected chi connectivity index (χ4v) is 5.90. The zero-order valence-electron chi connectivity index (χ0n) is 27.2. The highest BCUT2D eigenvalue weighted by molar-refractivity contribution is 6.20. The minimum absolute atomic E-state index is 0. The molecule has 0 saturated carbocycles. The van der Waals surface area contributed by atoms with Crippen LogP contribution in [0, 0.1) is 5.41 Å². The number of carbonyl (C=O) groups excluding carboxylic acids is 2. The third-order valence-electron chi connectivity index (χ3n) is 8.51. The second kappa shape index (κ2) is 14.8. The molecule has 0 spiro atoms. The van der Waals surface area contributed by atoms with Gasteiger partial charge < -0.3 is 23.8 Å². The van der Waals surface area contributed by atoms with E-state index in [2.05, 4.69) is 11.0 Å². The standard InChI is InChI=1S/C36H42N4O5.ClH/c1-6-40-31-16-15-29(24-32(31)37(4)34(42)36(2,3)35(40)43)45-22-10-18-38(25-26-11-9-13-28(23-26)44-5)20-21-39-19-17-27-12-7-8-14-30(27)33(39)41;/h7-9,11-17,19,23-24H,6,10,18,20-22,25H2,1-5H3;1H. The van der Waals surface area contributed by atoms with Gasteiger partial charge in [0.2, 0.25) is 11.8 Å². The van der Waals surface area contributed by atoms with Crippen LogP contribution in [0.5, 0.6) is 11.5 Å². The van der Waals surface area contributed by atoms with Crippen molar-refractivity contribution in [2.24, 2.45) is 5.41 Å². The number of aromatic nitrogens is 1. The van der Waals surface area contributed by atoms with Crippen LogP contribution in [0.3, 0.4) is 0 Å². The van der Waals surface area contributed by atoms with Crippen molar-refractivity contribution in [2.45, 2.75) is 40.3 Å². The molecule has 2 heterocycles. The van der Waals surface area contributed by atoms with Gasteiger partial charge in [0.1, 0.15) is 16.9 Å². The van der Waals surface area contributed by atoms with E-state index in [1.54, 1.807) is 42.4 Å². The summed E-state index contributed by atoms with van der Waals surface area (Å²) in [5, 5.41) is 1.66. The molecule has 3 aromatic carbocycles. The van der Waals surface area contributed by atoms with Crippen LogP contribution < -0.4 is 24.8 Å². The topological polar surface area (TPSA) is 84.3 Å². The maximum atomic E-state index is 13.2. The number of fused-ring (bicyclic) bond motifs is 2. The summed E-state index contributed by atoms with van der Waals surface area (Å²) in [5.41, 5.74) is 1.33. The summed E-state index contributed by atoms with van der Waals surface area (Å²) in [6, 6.07) is 23.2. The first-order valence-electron chi connectivity index (χ1n) is 15.4. The molecule has 0 fully saturated rings. The third kappa shape index (κ3) is 7.21. The number of hydrogen-bond donors (Lipinski definition) is 0. The van der Waals surface area contributed by atoms with Crippen molar-refractivity contribution in [3.05, 3.63) is 94.9 Å². The van der Waals surface area contributed by atoms with E-state index < -0.39 is 5.41 Å². The van der Waals surface area contributed by atoms with Crippen molar-refractivity contribution in [1.82, 2.24) is 9.47 Å². The van der Waals surface area contributed by atoms with Gasteiger partial charge in [-0.1, -0.05) is 30.3 Å². The molecule has 0 saturated heterocycles. The quantitative estimate of drug-likeness (QED) is 0.144. The summed E-state index contributed by atoms with van der Waals surface area (Å²) in [5.74, 6) is 0.982. The van der Waals surface area contributed by atoms with E-state index in [4.69, 9.17) is 9.47 Å². The van der Waals surface area contributed by atoms with Gasteiger partial charge in [0.05, 0.1) is 25.1 Å². The average Bonchev–Trinajstić information content (AvgIpc) is 3.10. The number of hydrogen-bond acceptors (Lipinski definition) is 6. The Bertz CT molecular complexity index is 1750. The molecule has 0 radical (unpaired) electrons. The van der Waals surface area contributed by atoms with Gasteiger partial charge in [-0.05, 0) is 74.5 Å². The van der Waals surface area contributed by atoms with E-state index in [9.17, 15) is 14.4 Å². The number of carbonyl (C=O) groups is 2. The minimum Gasteiger partial charge on any atom is -0.497 e. The Labute approximate surface area is 276 Å². The van der Waals surface area contributed by atoms with Crippen LogP contribution in [-0.4, -0.2) is 61.7 Å². The Balaban J connectivity index is 0.00000480. The minimum atomic E-state index is -1.16. The Morgan fingerprint density at radius 1 is 0.848 bits per heavy atom. The van der Waals surface area contributed by atoms with E-state index in [0.717, 1.165) is 35.1 Å². The molecule has 9 nitrogen and oxygen atoms in total. The van der Waals surface area contributed by atoms with Crippen molar-refractivity contribution in [3.8, 4) is 11.5 Å². The monoisotopic (exact) mass is 646 g/mol. The number of nitrogens with zero attached hydrogens (tertiary/aromatic N) is 4. The third-order valence-corrected chi connectivity index (χ3v) is 8.51. The van der Waals surface area contributed by atoms with Gasteiger partial charge in [-0.3, -0.25) is 19.3 Å². The summed E-state index contributed by atoms with van der Waals surface area (Å²) in [7, 11) is 3.37. The molecule has 0 atom stereocenters. The molecule has 1 aromatic heterocycles. The lowest BCUT2D eigenvalue weighted by Gasteiger charge is -2.27. The van der Waals surface area contributed by atoms with Crippen molar-refractivity contribution in [1.29, 1.82) is 0 Å². The summed E-state index contributed by atoms with van der Waals surface area (Å²) in [6.45, 7) is 8.86. The summed E-state index contributed by atoms with van der Waals surface area (Å²) >= 11 is 0. The predicted molar refractivity (Wildman–Crippen MR) is 185 cm³/mol. The summed E-state index contributed by atoms with van der Waals surface area (Å²) < 4.78 is 13.4. The molecule has 0 N–H and O–H groups in total. The number of ether oxygens (including phenoxy) is 2. The lowest BCUT2D eigenvalue weighted by molar-refractivity contribution is -0.137. The molecule has 10 heteroatoms. The first kappa shape index (κ1) is 34.5. The van der Waals surface area contributed by atoms with Crippen LogP contribution in [0.25, 0.3) is 10.8 Å². The van der Waals surface area contributed by atoms with E-state index in [0.29, 0.717) is 49.9 Å². The predicted octanol–water partition coefficient (Wildman–Crippen LogP) is 5.76. The van der Waals surface area contributed by atoms with Crippen molar-refractivity contribution in [3.63, 3.8) is 0 Å². The molecular formula is C36H43ClN4O5. The van der Waals surface area contributed by atoms with Gasteiger partial charge in [0.15, 0.2) is 0 Å². The maximum absolute atomic E-state index is 13.2. The van der Waals surface area contributed by atoms with Crippen molar-refractivity contribution in [2.75, 3.05) is 50.2 Å². The van der Waals surface area contributed by atoms with Gasteiger partial charge in [-0.15, -0.1) is 12.4 Å². The van der Waals surface area contributed by atoms with E-state index in [-0.39, 0.29) is 29.8 Å². The molecule has 4 aromatic rings. The number of rotatable bonds is 12. The summed E-state index contributed by atoms with van der Waals surface area (Å²) in [4.78, 5) is 45.0. The highest BCUT2D eigenvalue weighted by atomic mass is 35.5. The Morgan fingerprint density at radius 3 is 2.39 bits per heavy atom. The van der Waals surface area contributed by atoms with Gasteiger partial charge in [-0.2, -0.15) is 0 Å². The zero-order chi connectivity index (χ0) is 32.1. The number of benzene rings is 3. The molecule has 5 rings (SSSR count). The Kier molecular flexibility index (Phi) is 11.1. The van der Waals surface area contributed by atoms with Crippen LogP contribution >= 0.6 is 12.4 Å². The number of amides is 2. The van der Waals surface area contributed by atoms with Crippen molar-refractivity contribution < 1.29 is 19.1 Å². The van der Waals surface area contributed by atoms with E-state index >= 15 is 0 Å². The summed E-state index contributed by atoms with van der Waals surface area (Å²) in [6.07, 6.45) is 2.61. The first-order chi connectivity index (χ1) is 21.6. The molecule has 2 amide bonds. The fraction of sp³-hybridized carbons (Fsp3) is 0.361. The van der Waals surface area contributed by atoms with Gasteiger partial charge >= 0.3 is 0 Å². The molecule has 0 aliphatic carbocycles. The number of halogens is 1. The Hall–Kier alpha value is -4.34. The maximum Gasteiger partial charge on any atom is 0.258 e. The fourth-order valence-electron chi connectivity index (χ4n) is 5.90. The molecule has 1 aliphatic heterocycles. The molecule has 1 aliphatic rings. The van der Waals surface area contributed by atoms with Gasteiger partial charge in [0.25, 0.3) is 5.56 Å². The smallest absolute Gasteiger partial charge is 0.258 e. The largest absolute Gasteiger partial charge is 0.497 e. The van der Waals surface area contributed by atoms with Crippen molar-refractivity contribution >= 4 is 46.4 Å². The van der Waals surface area contributed by atoms with Crippen LogP contribution in [0.15, 0.2) is 83.8 Å². The van der Waals surface area contributed by atoms with Crippen LogP contribution in [0.1, 0.15) is 32.8 Å². The normalized spacial score (nSPS) is 14.2. The average molecular weight is 647 g/mol. The lowest BCUT2D eigenvalue weighted by atomic mass is 9.90. The highest BCUT2D eigenvalue weighted by Gasteiger charge is 2.45. The van der Waals surface area contributed by atoms with Crippen LogP contribution in [0.4, 0.5) is 11.4 Å². The zero-order valence-corrected chi connectivity index (χ0v) is 28.0. The molecule has 244 valence electrons. The van der Waals surface area contributed by atoms with Crippen LogP contribution in [0.2, 0.25) is 0 Å². The first-order valence-corrected chi connectivity index (χ1v) is 15.4. The van der Waals surface area contributed by atoms with Crippen LogP contribution in [-0.2, 0) is 22.7 Å². The molecule has 0 bridgehead atoms. The molecule has 46 heavy (non-hydrogen) atoms. The van der Waals surface area contributed by atoms with E-state index in [1.807, 2.05) is 79.9 Å².